The smallest absolute Gasteiger partial charge is 0.139 e. The predicted molar refractivity (Wildman–Crippen MR) is 64.6 cm³/mol. The third kappa shape index (κ3) is 2.34. The Morgan fingerprint density at radius 3 is 3.06 bits per heavy atom. The number of rotatable bonds is 3. The van der Waals surface area contributed by atoms with E-state index in [0.717, 1.165) is 0 Å². The summed E-state index contributed by atoms with van der Waals surface area (Å²) in [5.74, 6) is 0.385. The van der Waals surface area contributed by atoms with Crippen LogP contribution in [0.25, 0.3) is 0 Å². The molecule has 0 aromatic carbocycles. The molecule has 0 aliphatic carbocycles. The van der Waals surface area contributed by atoms with Crippen molar-refractivity contribution in [3.05, 3.63) is 22.4 Å². The summed E-state index contributed by atoms with van der Waals surface area (Å²) in [4.78, 5) is 13.1. The topological polar surface area (TPSA) is 38.3 Å². The van der Waals surface area contributed by atoms with Crippen LogP contribution in [0.2, 0.25) is 0 Å². The number of ether oxygens (including phenoxy) is 1. The normalized spacial score (nSPS) is 30.6. The molecule has 4 heteroatoms. The Bertz CT molecular complexity index is 350. The molecule has 16 heavy (non-hydrogen) atoms. The molecule has 0 saturated carbocycles. The Hall–Kier alpha value is -0.710. The number of nitrogens with one attached hydrogen (secondary N) is 1. The fourth-order valence-corrected chi connectivity index (χ4v) is 2.90. The summed E-state index contributed by atoms with van der Waals surface area (Å²) in [6.07, 6.45) is 0.599. The zero-order valence-corrected chi connectivity index (χ0v) is 10.4. The van der Waals surface area contributed by atoms with Crippen LogP contribution in [0.4, 0.5) is 0 Å². The quantitative estimate of drug-likeness (QED) is 0.877. The van der Waals surface area contributed by atoms with Crippen LogP contribution in [0.1, 0.15) is 24.3 Å². The van der Waals surface area contributed by atoms with Gasteiger partial charge in [-0.2, -0.15) is 0 Å². The lowest BCUT2D eigenvalue weighted by Crippen LogP contribution is -2.49. The van der Waals surface area contributed by atoms with Gasteiger partial charge in [0.05, 0.1) is 6.61 Å². The van der Waals surface area contributed by atoms with Crippen molar-refractivity contribution >= 4 is 17.1 Å². The van der Waals surface area contributed by atoms with E-state index in [1.807, 2.05) is 18.4 Å². The summed E-state index contributed by atoms with van der Waals surface area (Å²) in [5.41, 5.74) is 0. The number of hydrogen-bond acceptors (Lipinski definition) is 4. The summed E-state index contributed by atoms with van der Waals surface area (Å²) in [6.45, 7) is 2.57. The third-order valence-corrected chi connectivity index (χ3v) is 4.15. The molecule has 0 bridgehead atoms. The maximum absolute atomic E-state index is 11.9. The van der Waals surface area contributed by atoms with Gasteiger partial charge in [-0.05, 0) is 11.4 Å². The number of Topliss-reactive ketones (excluding diaryl/α,β-unsaturated/α-hetero) is 1. The van der Waals surface area contributed by atoms with E-state index in [1.165, 1.54) is 4.88 Å². The van der Waals surface area contributed by atoms with Gasteiger partial charge in [0, 0.05) is 36.4 Å². The molecule has 1 fully saturated rings. The van der Waals surface area contributed by atoms with Gasteiger partial charge in [0.2, 0.25) is 0 Å². The summed E-state index contributed by atoms with van der Waals surface area (Å²) in [6, 6.07) is 4.41. The van der Waals surface area contributed by atoms with Gasteiger partial charge in [-0.15, -0.1) is 11.3 Å². The second-order valence-electron chi connectivity index (χ2n) is 4.26. The first-order valence-electron chi connectivity index (χ1n) is 5.53. The maximum atomic E-state index is 11.9. The molecule has 2 rings (SSSR count). The highest BCUT2D eigenvalue weighted by Crippen LogP contribution is 2.29. The van der Waals surface area contributed by atoms with Gasteiger partial charge in [0.1, 0.15) is 5.78 Å². The second kappa shape index (κ2) is 5.08. The molecule has 3 nitrogen and oxygen atoms in total. The van der Waals surface area contributed by atoms with Gasteiger partial charge in [0.15, 0.2) is 0 Å². The number of hydrogen-bond donors (Lipinski definition) is 1. The van der Waals surface area contributed by atoms with Crippen molar-refractivity contribution in [2.75, 3.05) is 13.7 Å². The summed E-state index contributed by atoms with van der Waals surface area (Å²) in [5, 5.41) is 5.55. The van der Waals surface area contributed by atoms with E-state index in [-0.39, 0.29) is 18.0 Å². The van der Waals surface area contributed by atoms with Crippen LogP contribution in [0.5, 0.6) is 0 Å². The van der Waals surface area contributed by atoms with Crippen LogP contribution in [-0.4, -0.2) is 25.5 Å². The lowest BCUT2D eigenvalue weighted by atomic mass is 9.87. The standard InChI is InChI=1S/C12H17NO2S/c1-8-10(7-15-2)13-9(6-11(8)14)12-4-3-5-16-12/h3-5,8-10,13H,6-7H2,1-2H3/t8-,9-,10-/m1/s1. The van der Waals surface area contributed by atoms with Crippen LogP contribution in [0, 0.1) is 5.92 Å². The van der Waals surface area contributed by atoms with Gasteiger partial charge >= 0.3 is 0 Å². The van der Waals surface area contributed by atoms with Crippen LogP contribution in [0.15, 0.2) is 17.5 Å². The number of piperidine rings is 1. The highest BCUT2D eigenvalue weighted by molar-refractivity contribution is 7.10. The van der Waals surface area contributed by atoms with E-state index < -0.39 is 0 Å². The number of carbonyl (C=O) groups excluding carboxylic acids is 1. The highest BCUT2D eigenvalue weighted by Gasteiger charge is 2.34. The molecule has 2 heterocycles. The summed E-state index contributed by atoms with van der Waals surface area (Å²) < 4.78 is 5.15. The second-order valence-corrected chi connectivity index (χ2v) is 5.23. The molecule has 0 unspecified atom stereocenters. The molecule has 1 saturated heterocycles. The Balaban J connectivity index is 2.10. The molecule has 3 atom stereocenters. The van der Waals surface area contributed by atoms with Crippen molar-refractivity contribution in [3.8, 4) is 0 Å². The van der Waals surface area contributed by atoms with Crippen molar-refractivity contribution in [3.63, 3.8) is 0 Å². The number of methoxy groups -OCH3 is 1. The van der Waals surface area contributed by atoms with Crippen molar-refractivity contribution in [2.24, 2.45) is 5.92 Å². The zero-order valence-electron chi connectivity index (χ0n) is 9.60. The predicted octanol–water partition coefficient (Wildman–Crippen LogP) is 2.00. The SMILES string of the molecule is COC[C@H]1N[C@@H](c2cccs2)CC(=O)[C@@H]1C. The van der Waals surface area contributed by atoms with Gasteiger partial charge in [-0.1, -0.05) is 13.0 Å². The largest absolute Gasteiger partial charge is 0.383 e. The van der Waals surface area contributed by atoms with Gasteiger partial charge in [-0.3, -0.25) is 4.79 Å². The Labute approximate surface area is 99.8 Å². The number of carbonyl (C=O) groups is 1. The molecule has 1 aromatic heterocycles. The average Bonchev–Trinajstić information content (AvgIpc) is 2.78. The number of ketones is 1. The van der Waals surface area contributed by atoms with Crippen LogP contribution >= 0.6 is 11.3 Å². The fourth-order valence-electron chi connectivity index (χ4n) is 2.12. The molecular formula is C12H17NO2S. The molecule has 0 spiro atoms. The van der Waals surface area contributed by atoms with Gasteiger partial charge < -0.3 is 10.1 Å². The van der Waals surface area contributed by atoms with Crippen LogP contribution < -0.4 is 5.32 Å². The first-order valence-corrected chi connectivity index (χ1v) is 6.41. The third-order valence-electron chi connectivity index (χ3n) is 3.16. The Morgan fingerprint density at radius 2 is 2.44 bits per heavy atom. The molecular weight excluding hydrogens is 222 g/mol. The van der Waals surface area contributed by atoms with E-state index in [9.17, 15) is 4.79 Å². The van der Waals surface area contributed by atoms with Crippen LogP contribution in [-0.2, 0) is 9.53 Å². The minimum Gasteiger partial charge on any atom is -0.383 e. The molecule has 0 radical (unpaired) electrons. The maximum Gasteiger partial charge on any atom is 0.139 e. The molecule has 1 aliphatic rings. The molecule has 1 aliphatic heterocycles. The summed E-state index contributed by atoms with van der Waals surface area (Å²) >= 11 is 1.70. The van der Waals surface area contributed by atoms with E-state index in [2.05, 4.69) is 11.4 Å². The van der Waals surface area contributed by atoms with E-state index in [4.69, 9.17) is 4.74 Å². The number of thiophene rings is 1. The first kappa shape index (κ1) is 11.8. The lowest BCUT2D eigenvalue weighted by Gasteiger charge is -2.34. The van der Waals surface area contributed by atoms with Crippen molar-refractivity contribution in [1.29, 1.82) is 0 Å². The van der Waals surface area contributed by atoms with Gasteiger partial charge in [-0.25, -0.2) is 0 Å². The summed E-state index contributed by atoms with van der Waals surface area (Å²) in [7, 11) is 1.67. The highest BCUT2D eigenvalue weighted by atomic mass is 32.1. The molecule has 1 N–H and O–H groups in total. The zero-order chi connectivity index (χ0) is 11.5. The monoisotopic (exact) mass is 239 g/mol. The van der Waals surface area contributed by atoms with Gasteiger partial charge in [0.25, 0.3) is 0 Å². The Kier molecular flexibility index (Phi) is 3.74. The Morgan fingerprint density at radius 1 is 1.62 bits per heavy atom. The van der Waals surface area contributed by atoms with E-state index >= 15 is 0 Å². The minimum absolute atomic E-state index is 0.0520. The van der Waals surface area contributed by atoms with Crippen molar-refractivity contribution in [2.45, 2.75) is 25.4 Å². The minimum atomic E-state index is 0.0520. The fraction of sp³-hybridized carbons (Fsp3) is 0.583. The molecule has 0 amide bonds. The van der Waals surface area contributed by atoms with E-state index in [1.54, 1.807) is 18.4 Å². The van der Waals surface area contributed by atoms with Crippen LogP contribution in [0.3, 0.4) is 0 Å². The van der Waals surface area contributed by atoms with Crippen molar-refractivity contribution < 1.29 is 9.53 Å². The molecule has 88 valence electrons. The first-order chi connectivity index (χ1) is 7.72. The lowest BCUT2D eigenvalue weighted by molar-refractivity contribution is -0.126. The average molecular weight is 239 g/mol. The van der Waals surface area contributed by atoms with E-state index in [0.29, 0.717) is 18.8 Å². The van der Waals surface area contributed by atoms with Crippen molar-refractivity contribution in [1.82, 2.24) is 5.32 Å². The molecule has 1 aromatic rings.